The van der Waals surface area contributed by atoms with Crippen LogP contribution in [0.2, 0.25) is 0 Å². The zero-order valence-electron chi connectivity index (χ0n) is 6.54. The standard InChI is InChI=1S/C8H11NO2/c1-4-7(9-5-2)6-8(10)11-3/h4-5H,1-2,6H2,3H3. The maximum Gasteiger partial charge on any atom is 0.311 e. The lowest BCUT2D eigenvalue weighted by molar-refractivity contribution is -0.139. The summed E-state index contributed by atoms with van der Waals surface area (Å²) in [6.07, 6.45) is 3.00. The molecular formula is C8H11NO2. The molecule has 0 spiro atoms. The Balaban J connectivity index is 4.08. The SMILES string of the molecule is C=CN=C(C=C)CC(=O)OC. The van der Waals surface area contributed by atoms with Crippen LogP contribution in [0.15, 0.2) is 30.4 Å². The van der Waals surface area contributed by atoms with Crippen molar-refractivity contribution in [1.82, 2.24) is 0 Å². The van der Waals surface area contributed by atoms with Crippen LogP contribution in [-0.2, 0) is 9.53 Å². The Bertz CT molecular complexity index is 194. The molecule has 0 amide bonds. The van der Waals surface area contributed by atoms with Crippen molar-refractivity contribution in [2.75, 3.05) is 7.11 Å². The topological polar surface area (TPSA) is 38.7 Å². The van der Waals surface area contributed by atoms with Gasteiger partial charge in [-0.15, -0.1) is 0 Å². The molecule has 0 aliphatic heterocycles. The second kappa shape index (κ2) is 5.41. The Morgan fingerprint density at radius 3 is 2.64 bits per heavy atom. The molecule has 0 bridgehead atoms. The lowest BCUT2D eigenvalue weighted by atomic mass is 10.3. The molecule has 0 saturated heterocycles. The van der Waals surface area contributed by atoms with E-state index >= 15 is 0 Å². The number of ether oxygens (including phenoxy) is 1. The van der Waals surface area contributed by atoms with Gasteiger partial charge in [0.25, 0.3) is 0 Å². The Kier molecular flexibility index (Phi) is 4.73. The molecule has 11 heavy (non-hydrogen) atoms. The van der Waals surface area contributed by atoms with Gasteiger partial charge in [0.2, 0.25) is 0 Å². The molecule has 0 aliphatic carbocycles. The largest absolute Gasteiger partial charge is 0.469 e. The predicted octanol–water partition coefficient (Wildman–Crippen LogP) is 1.32. The van der Waals surface area contributed by atoms with Gasteiger partial charge in [-0.05, 0) is 6.08 Å². The van der Waals surface area contributed by atoms with E-state index in [0.717, 1.165) is 0 Å². The minimum absolute atomic E-state index is 0.145. The van der Waals surface area contributed by atoms with Crippen LogP contribution in [0.5, 0.6) is 0 Å². The number of carbonyl (C=O) groups excluding carboxylic acids is 1. The van der Waals surface area contributed by atoms with Gasteiger partial charge in [-0.3, -0.25) is 9.79 Å². The average molecular weight is 153 g/mol. The summed E-state index contributed by atoms with van der Waals surface area (Å²) in [5.74, 6) is -0.328. The van der Waals surface area contributed by atoms with Crippen LogP contribution in [0, 0.1) is 0 Å². The molecule has 3 nitrogen and oxygen atoms in total. The monoisotopic (exact) mass is 153 g/mol. The molecular weight excluding hydrogens is 142 g/mol. The smallest absolute Gasteiger partial charge is 0.311 e. The molecule has 0 atom stereocenters. The quantitative estimate of drug-likeness (QED) is 0.451. The maximum atomic E-state index is 10.7. The van der Waals surface area contributed by atoms with Crippen LogP contribution in [0.3, 0.4) is 0 Å². The summed E-state index contributed by atoms with van der Waals surface area (Å²) in [4.78, 5) is 14.5. The zero-order chi connectivity index (χ0) is 8.69. The number of nitrogens with zero attached hydrogens (tertiary/aromatic N) is 1. The summed E-state index contributed by atoms with van der Waals surface area (Å²) in [6.45, 7) is 6.87. The van der Waals surface area contributed by atoms with Crippen molar-refractivity contribution in [3.63, 3.8) is 0 Å². The molecule has 0 aromatic carbocycles. The summed E-state index contributed by atoms with van der Waals surface area (Å²) in [5, 5.41) is 0. The second-order valence-electron chi connectivity index (χ2n) is 1.76. The molecule has 0 saturated carbocycles. The van der Waals surface area contributed by atoms with Gasteiger partial charge >= 0.3 is 5.97 Å². The Morgan fingerprint density at radius 2 is 2.27 bits per heavy atom. The lowest BCUT2D eigenvalue weighted by Crippen LogP contribution is -2.06. The molecule has 0 radical (unpaired) electrons. The fraction of sp³-hybridized carbons (Fsp3) is 0.250. The van der Waals surface area contributed by atoms with E-state index in [9.17, 15) is 4.79 Å². The van der Waals surface area contributed by atoms with E-state index in [0.29, 0.717) is 5.71 Å². The minimum atomic E-state index is -0.328. The molecule has 0 fully saturated rings. The van der Waals surface area contributed by atoms with Crippen LogP contribution in [0.4, 0.5) is 0 Å². The molecule has 0 unspecified atom stereocenters. The third-order valence-corrected chi connectivity index (χ3v) is 1.05. The summed E-state index contributed by atoms with van der Waals surface area (Å²) in [6, 6.07) is 0. The summed E-state index contributed by atoms with van der Waals surface area (Å²) >= 11 is 0. The van der Waals surface area contributed by atoms with Crippen molar-refractivity contribution in [3.8, 4) is 0 Å². The van der Waals surface area contributed by atoms with Crippen molar-refractivity contribution in [1.29, 1.82) is 0 Å². The molecule has 0 aromatic rings. The molecule has 0 N–H and O–H groups in total. The van der Waals surface area contributed by atoms with Gasteiger partial charge in [0, 0.05) is 6.20 Å². The first kappa shape index (κ1) is 9.62. The first-order valence-corrected chi connectivity index (χ1v) is 3.11. The van der Waals surface area contributed by atoms with Crippen LogP contribution in [-0.4, -0.2) is 18.8 Å². The van der Waals surface area contributed by atoms with Crippen molar-refractivity contribution < 1.29 is 9.53 Å². The molecule has 3 heteroatoms. The Hall–Kier alpha value is -1.38. The fourth-order valence-corrected chi connectivity index (χ4v) is 0.508. The van der Waals surface area contributed by atoms with E-state index in [1.165, 1.54) is 19.4 Å². The van der Waals surface area contributed by atoms with E-state index in [1.807, 2.05) is 0 Å². The highest BCUT2D eigenvalue weighted by molar-refractivity contribution is 6.05. The Morgan fingerprint density at radius 1 is 1.64 bits per heavy atom. The van der Waals surface area contributed by atoms with Gasteiger partial charge in [-0.1, -0.05) is 13.2 Å². The average Bonchev–Trinajstić information content (AvgIpc) is 2.03. The number of hydrogen-bond acceptors (Lipinski definition) is 3. The molecule has 60 valence electrons. The van der Waals surface area contributed by atoms with Crippen molar-refractivity contribution in [2.24, 2.45) is 4.99 Å². The number of esters is 1. The van der Waals surface area contributed by atoms with Gasteiger partial charge in [-0.2, -0.15) is 0 Å². The second-order valence-corrected chi connectivity index (χ2v) is 1.76. The van der Waals surface area contributed by atoms with E-state index < -0.39 is 0 Å². The number of rotatable bonds is 4. The molecule has 0 heterocycles. The highest BCUT2D eigenvalue weighted by atomic mass is 16.5. The van der Waals surface area contributed by atoms with E-state index in [1.54, 1.807) is 0 Å². The first-order chi connectivity index (χ1) is 5.24. The molecule has 0 aromatic heterocycles. The number of carbonyl (C=O) groups is 1. The van der Waals surface area contributed by atoms with Crippen LogP contribution in [0.25, 0.3) is 0 Å². The molecule has 0 aliphatic rings. The third kappa shape index (κ3) is 4.08. The highest BCUT2D eigenvalue weighted by Crippen LogP contribution is 1.91. The van der Waals surface area contributed by atoms with E-state index in [2.05, 4.69) is 22.9 Å². The van der Waals surface area contributed by atoms with Crippen LogP contribution in [0.1, 0.15) is 6.42 Å². The van der Waals surface area contributed by atoms with Gasteiger partial charge in [-0.25, -0.2) is 0 Å². The first-order valence-electron chi connectivity index (χ1n) is 3.11. The zero-order valence-corrected chi connectivity index (χ0v) is 6.54. The highest BCUT2D eigenvalue weighted by Gasteiger charge is 2.02. The fourth-order valence-electron chi connectivity index (χ4n) is 0.508. The molecule has 0 rings (SSSR count). The van der Waals surface area contributed by atoms with Crippen LogP contribution >= 0.6 is 0 Å². The third-order valence-electron chi connectivity index (χ3n) is 1.05. The van der Waals surface area contributed by atoms with Crippen molar-refractivity contribution in [2.45, 2.75) is 6.42 Å². The van der Waals surface area contributed by atoms with Crippen molar-refractivity contribution >= 4 is 11.7 Å². The predicted molar refractivity (Wildman–Crippen MR) is 44.5 cm³/mol. The lowest BCUT2D eigenvalue weighted by Gasteiger charge is -1.96. The van der Waals surface area contributed by atoms with Crippen LogP contribution < -0.4 is 0 Å². The normalized spacial score (nSPS) is 10.5. The maximum absolute atomic E-state index is 10.7. The number of aliphatic imine (C=N–C) groups is 1. The summed E-state index contributed by atoms with van der Waals surface area (Å²) in [7, 11) is 1.33. The van der Waals surface area contributed by atoms with Gasteiger partial charge in [0.15, 0.2) is 0 Å². The minimum Gasteiger partial charge on any atom is -0.469 e. The van der Waals surface area contributed by atoms with Crippen molar-refractivity contribution in [3.05, 3.63) is 25.4 Å². The van der Waals surface area contributed by atoms with Gasteiger partial charge in [0.05, 0.1) is 19.2 Å². The number of hydrogen-bond donors (Lipinski definition) is 0. The number of allylic oxidation sites excluding steroid dienone is 1. The van der Waals surface area contributed by atoms with E-state index in [-0.39, 0.29) is 12.4 Å². The Labute approximate surface area is 66.1 Å². The summed E-state index contributed by atoms with van der Waals surface area (Å²) < 4.78 is 4.43. The number of methoxy groups -OCH3 is 1. The van der Waals surface area contributed by atoms with Gasteiger partial charge < -0.3 is 4.74 Å². The van der Waals surface area contributed by atoms with E-state index in [4.69, 9.17) is 0 Å². The van der Waals surface area contributed by atoms with Gasteiger partial charge in [0.1, 0.15) is 0 Å². The summed E-state index contributed by atoms with van der Waals surface area (Å²) in [5.41, 5.74) is 0.562.